The number of hydrogen-bond donors (Lipinski definition) is 0. The third kappa shape index (κ3) is 61.3. The van der Waals surface area contributed by atoms with Gasteiger partial charge in [-0.2, -0.15) is 0 Å². The van der Waals surface area contributed by atoms with Gasteiger partial charge < -0.3 is 74.4 Å². The van der Waals surface area contributed by atoms with E-state index in [4.69, 9.17) is 0 Å². The quantitative estimate of drug-likeness (QED) is 0.355. The van der Waals surface area contributed by atoms with Crippen LogP contribution in [0.2, 0.25) is 0 Å². The summed E-state index contributed by atoms with van der Waals surface area (Å²) in [4.78, 5) is 0. The topological polar surface area (TPSA) is 0 Å². The monoisotopic (exact) mass is 217 g/mol. The third-order valence-electron chi connectivity index (χ3n) is 0. The summed E-state index contributed by atoms with van der Waals surface area (Å²) in [6, 6.07) is 0. The fourth-order valence-corrected chi connectivity index (χ4v) is 0. The Hall–Kier alpha value is 2.34. The molecule has 0 radical (unpaired) electrons. The molecule has 0 amide bonds. The zero-order valence-electron chi connectivity index (χ0n) is 3.27. The SMILES string of the molecule is [Cl-].[Cl-].[Cl-].[Cl-].[Cl-].[Cl-].[Li+]. The van der Waals surface area contributed by atoms with Crippen LogP contribution in [-0.4, -0.2) is 0 Å². The standard InChI is InChI=1S/6ClH.Li/h6*1H;/q;;;;;;+1/p-6. The normalized spacial score (nSPS) is 0. The van der Waals surface area contributed by atoms with Crippen molar-refractivity contribution in [1.82, 2.24) is 0 Å². The minimum absolute atomic E-state index is 0. The Morgan fingerprint density at radius 1 is 0.286 bits per heavy atom. The Kier molecular flexibility index (Phi) is 1390. The van der Waals surface area contributed by atoms with Crippen molar-refractivity contribution in [2.75, 3.05) is 0 Å². The molecule has 0 rings (SSSR count). The Labute approximate surface area is 92.6 Å². The maximum atomic E-state index is 0. The molecule has 7 heavy (non-hydrogen) atoms. The van der Waals surface area contributed by atoms with Gasteiger partial charge in [0.05, 0.1) is 0 Å². The first-order valence-electron chi connectivity index (χ1n) is 0. The molecule has 0 nitrogen and oxygen atoms in total. The van der Waals surface area contributed by atoms with E-state index in [2.05, 4.69) is 0 Å². The van der Waals surface area contributed by atoms with Gasteiger partial charge in [0, 0.05) is 0 Å². The van der Waals surface area contributed by atoms with E-state index in [1.165, 1.54) is 0 Å². The van der Waals surface area contributed by atoms with Crippen molar-refractivity contribution >= 4 is 0 Å². The maximum absolute atomic E-state index is 0. The molecule has 0 saturated heterocycles. The van der Waals surface area contributed by atoms with Crippen LogP contribution in [0.5, 0.6) is 0 Å². The largest absolute Gasteiger partial charge is 1.00 e. The molecule has 0 heterocycles. The van der Waals surface area contributed by atoms with Gasteiger partial charge in [0.1, 0.15) is 0 Å². The second-order valence-corrected chi connectivity index (χ2v) is 0. The smallest absolute Gasteiger partial charge is 1.00 e. The average Bonchev–Trinajstić information content (AvgIpc) is 0. The van der Waals surface area contributed by atoms with Crippen molar-refractivity contribution in [2.45, 2.75) is 0 Å². The summed E-state index contributed by atoms with van der Waals surface area (Å²) < 4.78 is 0. The van der Waals surface area contributed by atoms with Gasteiger partial charge in [0.15, 0.2) is 0 Å². The van der Waals surface area contributed by atoms with Crippen molar-refractivity contribution in [3.8, 4) is 0 Å². The summed E-state index contributed by atoms with van der Waals surface area (Å²) in [5.74, 6) is 0. The van der Waals surface area contributed by atoms with E-state index in [9.17, 15) is 0 Å². The molecule has 0 bridgehead atoms. The Bertz CT molecular complexity index is 4.14. The zero-order valence-corrected chi connectivity index (χ0v) is 7.80. The van der Waals surface area contributed by atoms with Crippen LogP contribution in [0.3, 0.4) is 0 Å². The Morgan fingerprint density at radius 2 is 0.286 bits per heavy atom. The van der Waals surface area contributed by atoms with Gasteiger partial charge in [-0.05, 0) is 0 Å². The molecular weight excluding hydrogens is 220 g/mol. The van der Waals surface area contributed by atoms with Crippen molar-refractivity contribution in [3.05, 3.63) is 0 Å². The Balaban J connectivity index is 0. The molecule has 0 saturated carbocycles. The molecule has 0 N–H and O–H groups in total. The van der Waals surface area contributed by atoms with Crippen LogP contribution in [0, 0.1) is 0 Å². The average molecular weight is 220 g/mol. The van der Waals surface area contributed by atoms with Gasteiger partial charge in [-0.3, -0.25) is 0 Å². The van der Waals surface area contributed by atoms with Crippen molar-refractivity contribution < 1.29 is 93.3 Å². The molecule has 0 aromatic carbocycles. The van der Waals surface area contributed by atoms with Gasteiger partial charge in [-0.1, -0.05) is 0 Å². The molecule has 0 spiro atoms. The van der Waals surface area contributed by atoms with Crippen molar-refractivity contribution in [1.29, 1.82) is 0 Å². The van der Waals surface area contributed by atoms with Gasteiger partial charge in [0.2, 0.25) is 0 Å². The summed E-state index contributed by atoms with van der Waals surface area (Å²) in [7, 11) is 0. The van der Waals surface area contributed by atoms with E-state index >= 15 is 0 Å². The first kappa shape index (κ1) is 119. The van der Waals surface area contributed by atoms with Crippen LogP contribution in [-0.2, 0) is 0 Å². The number of rotatable bonds is 0. The van der Waals surface area contributed by atoms with Crippen molar-refractivity contribution in [3.63, 3.8) is 0 Å². The molecule has 0 fully saturated rings. The van der Waals surface area contributed by atoms with Gasteiger partial charge >= 0.3 is 18.9 Å². The Morgan fingerprint density at radius 3 is 0.286 bits per heavy atom. The summed E-state index contributed by atoms with van der Waals surface area (Å²) in [5.41, 5.74) is 0. The minimum atomic E-state index is 0. The molecule has 7 heteroatoms. The van der Waals surface area contributed by atoms with Gasteiger partial charge in [0.25, 0.3) is 0 Å². The fourth-order valence-electron chi connectivity index (χ4n) is 0. The van der Waals surface area contributed by atoms with E-state index < -0.39 is 0 Å². The van der Waals surface area contributed by atoms with E-state index in [1.54, 1.807) is 0 Å². The van der Waals surface area contributed by atoms with Crippen molar-refractivity contribution in [2.24, 2.45) is 0 Å². The fraction of sp³-hybridized carbons (Fsp3) is 0. The van der Waals surface area contributed by atoms with Crippen LogP contribution in [0.25, 0.3) is 0 Å². The molecule has 0 aliphatic carbocycles. The predicted molar refractivity (Wildman–Crippen MR) is 0 cm³/mol. The molecule has 0 unspecified atom stereocenters. The van der Waals surface area contributed by atoms with Gasteiger partial charge in [-0.25, -0.2) is 0 Å². The van der Waals surface area contributed by atoms with Crippen LogP contribution >= 0.6 is 0 Å². The molecule has 0 aromatic rings. The van der Waals surface area contributed by atoms with E-state index in [1.807, 2.05) is 0 Å². The molecule has 0 aromatic heterocycles. The second kappa shape index (κ2) is 82.2. The molecule has 0 atom stereocenters. The molecule has 0 aliphatic heterocycles. The van der Waals surface area contributed by atoms with Crippen LogP contribution in [0.15, 0.2) is 0 Å². The summed E-state index contributed by atoms with van der Waals surface area (Å²) in [5, 5.41) is 0. The van der Waals surface area contributed by atoms with E-state index in [0.717, 1.165) is 0 Å². The predicted octanol–water partition coefficient (Wildman–Crippen LogP) is -21.0. The summed E-state index contributed by atoms with van der Waals surface area (Å²) in [6.07, 6.45) is 0. The number of hydrogen-bond acceptors (Lipinski definition) is 0. The molecular formula is Cl6Li-5. The van der Waals surface area contributed by atoms with Gasteiger partial charge in [-0.15, -0.1) is 0 Å². The van der Waals surface area contributed by atoms with Crippen LogP contribution in [0.1, 0.15) is 0 Å². The van der Waals surface area contributed by atoms with E-state index in [0.29, 0.717) is 0 Å². The summed E-state index contributed by atoms with van der Waals surface area (Å²) >= 11 is 0. The van der Waals surface area contributed by atoms with Crippen LogP contribution < -0.4 is 93.3 Å². The first-order valence-corrected chi connectivity index (χ1v) is 0. The second-order valence-electron chi connectivity index (χ2n) is 0. The third-order valence-corrected chi connectivity index (χ3v) is 0. The molecule has 0 aliphatic rings. The first-order chi connectivity index (χ1) is 0. The van der Waals surface area contributed by atoms with Crippen LogP contribution in [0.4, 0.5) is 0 Å². The maximum Gasteiger partial charge on any atom is 1.00 e. The molecule has 48 valence electrons. The summed E-state index contributed by atoms with van der Waals surface area (Å²) in [6.45, 7) is 0. The zero-order chi connectivity index (χ0) is 0. The minimum Gasteiger partial charge on any atom is -1.00 e. The number of halogens is 6. The van der Waals surface area contributed by atoms with E-state index in [-0.39, 0.29) is 93.3 Å².